The molecule has 14 heavy (non-hydrogen) atoms. The molecule has 2 nitrogen and oxygen atoms in total. The van der Waals surface area contributed by atoms with E-state index in [2.05, 4.69) is 45.0 Å². The van der Waals surface area contributed by atoms with Crippen LogP contribution < -0.4 is 5.32 Å². The minimum Gasteiger partial charge on any atom is -0.313 e. The van der Waals surface area contributed by atoms with Gasteiger partial charge in [-0.1, -0.05) is 20.8 Å². The van der Waals surface area contributed by atoms with Crippen molar-refractivity contribution in [2.75, 3.05) is 20.1 Å². The summed E-state index contributed by atoms with van der Waals surface area (Å²) >= 11 is 0. The van der Waals surface area contributed by atoms with Gasteiger partial charge in [0.1, 0.15) is 0 Å². The summed E-state index contributed by atoms with van der Waals surface area (Å²) in [5.74, 6) is 0. The average Bonchev–Trinajstić information content (AvgIpc) is 2.28. The maximum atomic E-state index is 3.66. The maximum absolute atomic E-state index is 3.66. The lowest BCUT2D eigenvalue weighted by atomic mass is 9.92. The third-order valence-electron chi connectivity index (χ3n) is 3.19. The molecule has 1 aliphatic heterocycles. The third-order valence-corrected chi connectivity index (χ3v) is 3.19. The lowest BCUT2D eigenvalue weighted by molar-refractivity contribution is 0.322. The molecule has 0 bridgehead atoms. The topological polar surface area (TPSA) is 15.3 Å². The molecule has 0 aromatic heterocycles. The second-order valence-corrected chi connectivity index (χ2v) is 5.99. The Kier molecular flexibility index (Phi) is 3.96. The zero-order valence-electron chi connectivity index (χ0n) is 10.4. The van der Waals surface area contributed by atoms with E-state index in [9.17, 15) is 0 Å². The van der Waals surface area contributed by atoms with Crippen LogP contribution in [0.4, 0.5) is 0 Å². The van der Waals surface area contributed by atoms with Gasteiger partial charge in [-0.25, -0.2) is 0 Å². The van der Waals surface area contributed by atoms with Crippen LogP contribution in [0.3, 0.4) is 0 Å². The SMILES string of the molecule is CC1CC(NCCC(C)(C)C)CN1C. The molecule has 1 aliphatic rings. The van der Waals surface area contributed by atoms with Gasteiger partial charge in [0.05, 0.1) is 0 Å². The Hall–Kier alpha value is -0.0800. The van der Waals surface area contributed by atoms with E-state index in [0.717, 1.165) is 18.6 Å². The van der Waals surface area contributed by atoms with Crippen molar-refractivity contribution in [3.8, 4) is 0 Å². The van der Waals surface area contributed by atoms with Crippen molar-refractivity contribution in [1.82, 2.24) is 10.2 Å². The van der Waals surface area contributed by atoms with Gasteiger partial charge < -0.3 is 10.2 Å². The van der Waals surface area contributed by atoms with Crippen molar-refractivity contribution in [2.45, 2.75) is 52.6 Å². The van der Waals surface area contributed by atoms with Crippen LogP contribution >= 0.6 is 0 Å². The van der Waals surface area contributed by atoms with Crippen LogP contribution in [-0.4, -0.2) is 37.1 Å². The van der Waals surface area contributed by atoms with Crippen LogP contribution in [0.25, 0.3) is 0 Å². The first-order valence-corrected chi connectivity index (χ1v) is 5.82. The Balaban J connectivity index is 2.15. The molecule has 0 aliphatic carbocycles. The van der Waals surface area contributed by atoms with Crippen LogP contribution in [0.2, 0.25) is 0 Å². The van der Waals surface area contributed by atoms with Crippen molar-refractivity contribution in [2.24, 2.45) is 5.41 Å². The smallest absolute Gasteiger partial charge is 0.0209 e. The van der Waals surface area contributed by atoms with Gasteiger partial charge in [-0.05, 0) is 38.8 Å². The van der Waals surface area contributed by atoms with E-state index >= 15 is 0 Å². The fraction of sp³-hybridized carbons (Fsp3) is 1.00. The number of likely N-dealkylation sites (N-methyl/N-ethyl adjacent to an activating group) is 1. The minimum absolute atomic E-state index is 0.461. The Labute approximate surface area is 89.1 Å². The first-order chi connectivity index (χ1) is 6.38. The lowest BCUT2D eigenvalue weighted by Crippen LogP contribution is -2.33. The molecule has 2 atom stereocenters. The Morgan fingerprint density at radius 1 is 1.36 bits per heavy atom. The van der Waals surface area contributed by atoms with Gasteiger partial charge in [-0.2, -0.15) is 0 Å². The number of rotatable bonds is 3. The number of likely N-dealkylation sites (tertiary alicyclic amines) is 1. The van der Waals surface area contributed by atoms with Crippen molar-refractivity contribution >= 4 is 0 Å². The highest BCUT2D eigenvalue weighted by molar-refractivity contribution is 4.85. The quantitative estimate of drug-likeness (QED) is 0.747. The Bertz CT molecular complexity index is 162. The summed E-state index contributed by atoms with van der Waals surface area (Å²) in [5, 5.41) is 3.66. The van der Waals surface area contributed by atoms with E-state index in [0.29, 0.717) is 5.41 Å². The predicted octanol–water partition coefficient (Wildman–Crippen LogP) is 2.10. The van der Waals surface area contributed by atoms with Crippen LogP contribution in [0.15, 0.2) is 0 Å². The second-order valence-electron chi connectivity index (χ2n) is 5.99. The van der Waals surface area contributed by atoms with Crippen molar-refractivity contribution in [3.63, 3.8) is 0 Å². The predicted molar refractivity (Wildman–Crippen MR) is 62.6 cm³/mol. The van der Waals surface area contributed by atoms with Gasteiger partial charge in [0.15, 0.2) is 0 Å². The van der Waals surface area contributed by atoms with Gasteiger partial charge >= 0.3 is 0 Å². The average molecular weight is 198 g/mol. The summed E-state index contributed by atoms with van der Waals surface area (Å²) in [6.07, 6.45) is 2.57. The largest absolute Gasteiger partial charge is 0.313 e. The summed E-state index contributed by atoms with van der Waals surface area (Å²) in [6.45, 7) is 11.6. The van der Waals surface area contributed by atoms with Gasteiger partial charge in [0.25, 0.3) is 0 Å². The molecule has 84 valence electrons. The zero-order chi connectivity index (χ0) is 10.8. The highest BCUT2D eigenvalue weighted by Crippen LogP contribution is 2.19. The third kappa shape index (κ3) is 3.97. The van der Waals surface area contributed by atoms with E-state index in [4.69, 9.17) is 0 Å². The Morgan fingerprint density at radius 2 is 2.00 bits per heavy atom. The van der Waals surface area contributed by atoms with Gasteiger partial charge in [-0.15, -0.1) is 0 Å². The van der Waals surface area contributed by atoms with Crippen LogP contribution in [0, 0.1) is 5.41 Å². The van der Waals surface area contributed by atoms with E-state index in [-0.39, 0.29) is 0 Å². The molecule has 2 unspecified atom stereocenters. The van der Waals surface area contributed by atoms with Crippen molar-refractivity contribution < 1.29 is 0 Å². The number of nitrogens with zero attached hydrogens (tertiary/aromatic N) is 1. The highest BCUT2D eigenvalue weighted by atomic mass is 15.2. The molecular formula is C12H26N2. The number of hydrogen-bond acceptors (Lipinski definition) is 2. The van der Waals surface area contributed by atoms with E-state index in [1.54, 1.807) is 0 Å². The maximum Gasteiger partial charge on any atom is 0.0209 e. The number of hydrogen-bond donors (Lipinski definition) is 1. The summed E-state index contributed by atoms with van der Waals surface area (Å²) in [4.78, 5) is 2.44. The molecule has 0 aromatic rings. The van der Waals surface area contributed by atoms with Crippen molar-refractivity contribution in [3.05, 3.63) is 0 Å². The lowest BCUT2D eigenvalue weighted by Gasteiger charge is -2.20. The van der Waals surface area contributed by atoms with Gasteiger partial charge in [-0.3, -0.25) is 0 Å². The molecule has 0 spiro atoms. The van der Waals surface area contributed by atoms with E-state index in [1.807, 2.05) is 0 Å². The molecule has 0 saturated carbocycles. The zero-order valence-corrected chi connectivity index (χ0v) is 10.4. The van der Waals surface area contributed by atoms with Gasteiger partial charge in [0, 0.05) is 18.6 Å². The molecule has 0 aromatic carbocycles. The molecule has 0 radical (unpaired) electrons. The molecule has 1 heterocycles. The summed E-state index contributed by atoms with van der Waals surface area (Å²) in [6, 6.07) is 1.47. The summed E-state index contributed by atoms with van der Waals surface area (Å²) in [5.41, 5.74) is 0.461. The van der Waals surface area contributed by atoms with Crippen LogP contribution in [-0.2, 0) is 0 Å². The first kappa shape index (κ1) is 12.0. The van der Waals surface area contributed by atoms with Crippen molar-refractivity contribution in [1.29, 1.82) is 0 Å². The van der Waals surface area contributed by atoms with E-state index in [1.165, 1.54) is 19.4 Å². The monoisotopic (exact) mass is 198 g/mol. The van der Waals surface area contributed by atoms with Crippen LogP contribution in [0.1, 0.15) is 40.5 Å². The van der Waals surface area contributed by atoms with E-state index < -0.39 is 0 Å². The Morgan fingerprint density at radius 3 is 2.43 bits per heavy atom. The normalized spacial score (nSPS) is 29.8. The standard InChI is InChI=1S/C12H26N2/c1-10-8-11(9-14(10)5)13-7-6-12(2,3)4/h10-11,13H,6-9H2,1-5H3. The molecular weight excluding hydrogens is 172 g/mol. The van der Waals surface area contributed by atoms with Crippen LogP contribution in [0.5, 0.6) is 0 Å². The molecule has 0 amide bonds. The number of nitrogens with one attached hydrogen (secondary N) is 1. The second kappa shape index (κ2) is 4.63. The molecule has 2 heteroatoms. The highest BCUT2D eigenvalue weighted by Gasteiger charge is 2.25. The summed E-state index contributed by atoms with van der Waals surface area (Å²) < 4.78 is 0. The summed E-state index contributed by atoms with van der Waals surface area (Å²) in [7, 11) is 2.22. The first-order valence-electron chi connectivity index (χ1n) is 5.82. The molecule has 1 N–H and O–H groups in total. The molecule has 1 fully saturated rings. The minimum atomic E-state index is 0.461. The molecule has 1 saturated heterocycles. The fourth-order valence-corrected chi connectivity index (χ4v) is 1.99. The molecule has 1 rings (SSSR count). The fourth-order valence-electron chi connectivity index (χ4n) is 1.99. The van der Waals surface area contributed by atoms with Gasteiger partial charge in [0.2, 0.25) is 0 Å².